The van der Waals surface area contributed by atoms with Crippen LogP contribution >= 0.6 is 11.8 Å². The molecule has 17 heavy (non-hydrogen) atoms. The van der Waals surface area contributed by atoms with Crippen LogP contribution in [0.25, 0.3) is 0 Å². The minimum Gasteiger partial charge on any atom is -0.339 e. The van der Waals surface area contributed by atoms with E-state index in [1.165, 1.54) is 25.7 Å². The smallest absolute Gasteiger partial charge is 0.226 e. The predicted molar refractivity (Wildman–Crippen MR) is 69.8 cm³/mol. The van der Waals surface area contributed by atoms with Crippen molar-refractivity contribution in [3.8, 4) is 0 Å². The molecule has 1 aliphatic carbocycles. The minimum absolute atomic E-state index is 0.408. The number of hydrogen-bond donors (Lipinski definition) is 1. The molecule has 0 bridgehead atoms. The van der Waals surface area contributed by atoms with Crippen molar-refractivity contribution in [2.45, 2.75) is 50.0 Å². The van der Waals surface area contributed by atoms with E-state index in [0.29, 0.717) is 12.5 Å². The third-order valence-corrected chi connectivity index (χ3v) is 4.55. The number of hydrogen-bond acceptors (Lipinski definition) is 5. The summed E-state index contributed by atoms with van der Waals surface area (Å²) in [4.78, 5) is 4.40. The summed E-state index contributed by atoms with van der Waals surface area (Å²) in [5.74, 6) is 2.85. The lowest BCUT2D eigenvalue weighted by atomic mass is 10.1. The monoisotopic (exact) mass is 255 g/mol. The molecule has 5 heteroatoms. The van der Waals surface area contributed by atoms with Gasteiger partial charge in [0.05, 0.1) is 5.75 Å². The Morgan fingerprint density at radius 1 is 1.47 bits per heavy atom. The van der Waals surface area contributed by atoms with Gasteiger partial charge in [-0.1, -0.05) is 24.9 Å². The number of nitrogens with zero attached hydrogens (tertiary/aromatic N) is 2. The summed E-state index contributed by atoms with van der Waals surface area (Å²) < 4.78 is 5.22. The highest BCUT2D eigenvalue weighted by Gasteiger charge is 2.17. The van der Waals surface area contributed by atoms with E-state index in [-0.39, 0.29) is 0 Å². The molecule has 1 saturated carbocycles. The van der Waals surface area contributed by atoms with E-state index in [1.54, 1.807) is 0 Å². The molecule has 1 heterocycles. The second-order valence-electron chi connectivity index (χ2n) is 4.87. The normalized spacial score (nSPS) is 18.7. The van der Waals surface area contributed by atoms with E-state index < -0.39 is 0 Å². The van der Waals surface area contributed by atoms with Crippen LogP contribution < -0.4 is 5.73 Å². The molecule has 0 aliphatic heterocycles. The van der Waals surface area contributed by atoms with Crippen molar-refractivity contribution in [2.24, 2.45) is 11.7 Å². The molecule has 4 nitrogen and oxygen atoms in total. The predicted octanol–water partition coefficient (Wildman–Crippen LogP) is 2.38. The number of aromatic nitrogens is 2. The zero-order chi connectivity index (χ0) is 12.1. The van der Waals surface area contributed by atoms with Gasteiger partial charge in [-0.25, -0.2) is 0 Å². The van der Waals surface area contributed by atoms with E-state index in [9.17, 15) is 0 Å². The molecular weight excluding hydrogens is 234 g/mol. The van der Waals surface area contributed by atoms with Gasteiger partial charge in [0, 0.05) is 11.7 Å². The van der Waals surface area contributed by atoms with Crippen LogP contribution in [0.4, 0.5) is 0 Å². The molecule has 0 spiro atoms. The van der Waals surface area contributed by atoms with Gasteiger partial charge >= 0.3 is 0 Å². The molecule has 96 valence electrons. The van der Waals surface area contributed by atoms with Crippen LogP contribution in [0.5, 0.6) is 0 Å². The molecule has 1 aromatic heterocycles. The van der Waals surface area contributed by atoms with Gasteiger partial charge in [-0.2, -0.15) is 16.7 Å². The van der Waals surface area contributed by atoms with Crippen molar-refractivity contribution >= 4 is 11.8 Å². The Morgan fingerprint density at radius 2 is 2.24 bits per heavy atom. The minimum atomic E-state index is 0.408. The zero-order valence-corrected chi connectivity index (χ0v) is 11.2. The van der Waals surface area contributed by atoms with Gasteiger partial charge in [-0.15, -0.1) is 0 Å². The van der Waals surface area contributed by atoms with Crippen LogP contribution in [0.2, 0.25) is 0 Å². The Kier molecular flexibility index (Phi) is 4.86. The third kappa shape index (κ3) is 4.00. The lowest BCUT2D eigenvalue weighted by molar-refractivity contribution is 0.356. The second kappa shape index (κ2) is 6.40. The molecule has 1 aromatic rings. The van der Waals surface area contributed by atoms with Crippen molar-refractivity contribution in [3.63, 3.8) is 0 Å². The quantitative estimate of drug-likeness (QED) is 0.845. The Balaban J connectivity index is 1.77. The van der Waals surface area contributed by atoms with Crippen LogP contribution in [0.1, 0.15) is 44.3 Å². The lowest BCUT2D eigenvalue weighted by Gasteiger charge is -2.05. The maximum absolute atomic E-state index is 5.57. The SMILES string of the molecule is CC(CN)Cc1nc(CSC2CCCC2)no1. The summed E-state index contributed by atoms with van der Waals surface area (Å²) in [5.41, 5.74) is 5.57. The highest BCUT2D eigenvalue weighted by atomic mass is 32.2. The zero-order valence-electron chi connectivity index (χ0n) is 10.4. The van der Waals surface area contributed by atoms with E-state index in [1.807, 2.05) is 11.8 Å². The van der Waals surface area contributed by atoms with Crippen molar-refractivity contribution in [1.82, 2.24) is 10.1 Å². The van der Waals surface area contributed by atoms with E-state index in [2.05, 4.69) is 17.1 Å². The van der Waals surface area contributed by atoms with Crippen molar-refractivity contribution in [1.29, 1.82) is 0 Å². The molecule has 1 aliphatic rings. The molecule has 2 N–H and O–H groups in total. The summed E-state index contributed by atoms with van der Waals surface area (Å²) in [5, 5.41) is 4.82. The Bertz CT molecular complexity index is 336. The lowest BCUT2D eigenvalue weighted by Crippen LogP contribution is -2.13. The fraction of sp³-hybridized carbons (Fsp3) is 0.833. The average Bonchev–Trinajstić information content (AvgIpc) is 2.97. The van der Waals surface area contributed by atoms with Gasteiger partial charge < -0.3 is 10.3 Å². The molecule has 0 aromatic carbocycles. The summed E-state index contributed by atoms with van der Waals surface area (Å²) in [6.07, 6.45) is 6.24. The molecule has 0 radical (unpaired) electrons. The van der Waals surface area contributed by atoms with Crippen molar-refractivity contribution in [3.05, 3.63) is 11.7 Å². The van der Waals surface area contributed by atoms with Gasteiger partial charge in [0.2, 0.25) is 5.89 Å². The second-order valence-corrected chi connectivity index (χ2v) is 6.16. The summed E-state index contributed by atoms with van der Waals surface area (Å²) in [7, 11) is 0. The van der Waals surface area contributed by atoms with E-state index >= 15 is 0 Å². The molecule has 1 fully saturated rings. The first kappa shape index (κ1) is 12.9. The van der Waals surface area contributed by atoms with Crippen LogP contribution in [-0.4, -0.2) is 21.9 Å². The van der Waals surface area contributed by atoms with Crippen molar-refractivity contribution in [2.75, 3.05) is 6.54 Å². The Morgan fingerprint density at radius 3 is 2.94 bits per heavy atom. The highest BCUT2D eigenvalue weighted by Crippen LogP contribution is 2.30. The first-order valence-corrected chi connectivity index (χ1v) is 7.46. The largest absolute Gasteiger partial charge is 0.339 e. The molecule has 0 saturated heterocycles. The summed E-state index contributed by atoms with van der Waals surface area (Å²) in [6, 6.07) is 0. The average molecular weight is 255 g/mol. The van der Waals surface area contributed by atoms with Gasteiger partial charge in [0.1, 0.15) is 0 Å². The molecule has 2 rings (SSSR count). The van der Waals surface area contributed by atoms with Gasteiger partial charge in [-0.3, -0.25) is 0 Å². The summed E-state index contributed by atoms with van der Waals surface area (Å²) >= 11 is 1.97. The van der Waals surface area contributed by atoms with Crippen LogP contribution in [0.3, 0.4) is 0 Å². The molecule has 1 atom stereocenters. The fourth-order valence-electron chi connectivity index (χ4n) is 2.06. The van der Waals surface area contributed by atoms with Gasteiger partial charge in [-0.05, 0) is 25.3 Å². The van der Waals surface area contributed by atoms with Gasteiger partial charge in [0.25, 0.3) is 0 Å². The highest BCUT2D eigenvalue weighted by molar-refractivity contribution is 7.99. The molecule has 1 unspecified atom stereocenters. The summed E-state index contributed by atoms with van der Waals surface area (Å²) in [6.45, 7) is 2.76. The first-order valence-electron chi connectivity index (χ1n) is 6.41. The molecular formula is C12H21N3OS. The number of nitrogens with two attached hydrogens (primary N) is 1. The first-order chi connectivity index (χ1) is 8.28. The maximum atomic E-state index is 5.57. The van der Waals surface area contributed by atoms with Gasteiger partial charge in [0.15, 0.2) is 5.82 Å². The molecule has 0 amide bonds. The topological polar surface area (TPSA) is 64.9 Å². The number of thioether (sulfide) groups is 1. The fourth-order valence-corrected chi connectivity index (χ4v) is 3.23. The Hall–Kier alpha value is -0.550. The van der Waals surface area contributed by atoms with Crippen LogP contribution in [0.15, 0.2) is 4.52 Å². The van der Waals surface area contributed by atoms with Crippen LogP contribution in [0, 0.1) is 5.92 Å². The third-order valence-electron chi connectivity index (χ3n) is 3.19. The Labute approximate surface area is 107 Å². The number of rotatable bonds is 6. The standard InChI is InChI=1S/C12H21N3OS/c1-9(7-13)6-12-14-11(15-16-12)8-17-10-4-2-3-5-10/h9-10H,2-8,13H2,1H3. The van der Waals surface area contributed by atoms with Crippen molar-refractivity contribution < 1.29 is 4.52 Å². The van der Waals surface area contributed by atoms with E-state index in [0.717, 1.165) is 29.1 Å². The van der Waals surface area contributed by atoms with Crippen LogP contribution in [-0.2, 0) is 12.2 Å². The van der Waals surface area contributed by atoms with E-state index in [4.69, 9.17) is 10.3 Å². The maximum Gasteiger partial charge on any atom is 0.226 e.